The number of hydrogen-bond acceptors (Lipinski definition) is 6. The van der Waals surface area contributed by atoms with Gasteiger partial charge in [-0.25, -0.2) is 4.98 Å². The van der Waals surface area contributed by atoms with E-state index in [2.05, 4.69) is 15.6 Å². The molecule has 1 atom stereocenters. The van der Waals surface area contributed by atoms with Crippen LogP contribution in [-0.2, 0) is 0 Å². The van der Waals surface area contributed by atoms with Gasteiger partial charge in [-0.2, -0.15) is 0 Å². The van der Waals surface area contributed by atoms with Gasteiger partial charge in [0, 0.05) is 22.7 Å². The summed E-state index contributed by atoms with van der Waals surface area (Å²) in [4.78, 5) is 30.6. The molecule has 8 heteroatoms. The number of carbonyl (C=O) groups is 1. The third-order valence-corrected chi connectivity index (χ3v) is 6.78. The minimum absolute atomic E-state index is 0.0816. The van der Waals surface area contributed by atoms with Crippen molar-refractivity contribution in [2.24, 2.45) is 0 Å². The topological polar surface area (TPSA) is 93.5 Å². The van der Waals surface area contributed by atoms with Crippen LogP contribution < -0.4 is 20.8 Å². The Hall–Kier alpha value is -3.84. The molecule has 1 amide bonds. The summed E-state index contributed by atoms with van der Waals surface area (Å²) in [6, 6.07) is 14.5. The van der Waals surface area contributed by atoms with E-state index in [9.17, 15) is 9.59 Å². The Labute approximate surface area is 219 Å². The van der Waals surface area contributed by atoms with Gasteiger partial charge in [-0.1, -0.05) is 17.7 Å². The summed E-state index contributed by atoms with van der Waals surface area (Å²) in [6.45, 7) is 5.68. The van der Waals surface area contributed by atoms with E-state index in [0.717, 1.165) is 35.3 Å². The van der Waals surface area contributed by atoms with Crippen molar-refractivity contribution in [1.82, 2.24) is 10.3 Å². The Balaban J connectivity index is 1.58. The van der Waals surface area contributed by atoms with Gasteiger partial charge in [-0.3, -0.25) is 9.59 Å². The fourth-order valence-corrected chi connectivity index (χ4v) is 4.57. The second-order valence-corrected chi connectivity index (χ2v) is 9.88. The number of carbonyl (C=O) groups excluding carboxylic acids is 1. The molecule has 0 aliphatic heterocycles. The molecule has 4 aromatic rings. The minimum Gasteiger partial charge on any atom is -0.497 e. The lowest BCUT2D eigenvalue weighted by Crippen LogP contribution is -2.27. The van der Waals surface area contributed by atoms with E-state index in [4.69, 9.17) is 20.8 Å². The highest BCUT2D eigenvalue weighted by atomic mass is 35.5. The molecule has 1 unspecified atom stereocenters. The van der Waals surface area contributed by atoms with E-state index in [1.807, 2.05) is 50.2 Å². The van der Waals surface area contributed by atoms with E-state index >= 15 is 0 Å². The molecular weight excluding hydrogens is 490 g/mol. The number of benzene rings is 2. The molecule has 37 heavy (non-hydrogen) atoms. The Morgan fingerprint density at radius 3 is 2.54 bits per heavy atom. The number of halogens is 1. The minimum atomic E-state index is -0.313. The number of ether oxygens (including phenoxy) is 1. The Morgan fingerprint density at radius 2 is 1.86 bits per heavy atom. The van der Waals surface area contributed by atoms with Crippen LogP contribution in [0.15, 0.2) is 57.7 Å². The molecule has 1 aliphatic rings. The van der Waals surface area contributed by atoms with Crippen LogP contribution in [0.5, 0.6) is 5.75 Å². The number of pyridine rings is 1. The molecule has 0 bridgehead atoms. The van der Waals surface area contributed by atoms with Gasteiger partial charge >= 0.3 is 0 Å². The molecule has 5 rings (SSSR count). The van der Waals surface area contributed by atoms with Crippen molar-refractivity contribution in [1.29, 1.82) is 0 Å². The van der Waals surface area contributed by atoms with Gasteiger partial charge in [0.25, 0.3) is 5.91 Å². The number of rotatable bonds is 7. The highest BCUT2D eigenvalue weighted by Gasteiger charge is 2.26. The predicted octanol–water partition coefficient (Wildman–Crippen LogP) is 6.20. The summed E-state index contributed by atoms with van der Waals surface area (Å²) in [5.41, 5.74) is 4.25. The molecule has 0 saturated heterocycles. The van der Waals surface area contributed by atoms with E-state index < -0.39 is 0 Å². The average molecular weight is 518 g/mol. The fourth-order valence-electron chi connectivity index (χ4n) is 4.42. The number of methoxy groups -OCH3 is 1. The van der Waals surface area contributed by atoms with Crippen LogP contribution in [0.4, 0.5) is 5.69 Å². The predicted molar refractivity (Wildman–Crippen MR) is 146 cm³/mol. The lowest BCUT2D eigenvalue weighted by atomic mass is 9.98. The van der Waals surface area contributed by atoms with Crippen molar-refractivity contribution in [3.05, 3.63) is 86.3 Å². The molecular formula is C29H28ClN3O4. The van der Waals surface area contributed by atoms with E-state index in [-0.39, 0.29) is 34.3 Å². The third-order valence-electron chi connectivity index (χ3n) is 6.57. The maximum absolute atomic E-state index is 13.4. The van der Waals surface area contributed by atoms with Crippen molar-refractivity contribution < 1.29 is 13.9 Å². The first kappa shape index (κ1) is 24.8. The van der Waals surface area contributed by atoms with E-state index in [1.165, 1.54) is 0 Å². The second kappa shape index (κ2) is 9.90. The third kappa shape index (κ3) is 5.04. The van der Waals surface area contributed by atoms with Gasteiger partial charge in [-0.05, 0) is 81.6 Å². The van der Waals surface area contributed by atoms with Crippen molar-refractivity contribution in [2.75, 3.05) is 12.4 Å². The van der Waals surface area contributed by atoms with Gasteiger partial charge in [0.1, 0.15) is 22.2 Å². The number of nitrogens with zero attached hydrogens (tertiary/aromatic N) is 1. The van der Waals surface area contributed by atoms with Gasteiger partial charge in [0.2, 0.25) is 0 Å². The number of anilines is 1. The summed E-state index contributed by atoms with van der Waals surface area (Å²) >= 11 is 6.12. The summed E-state index contributed by atoms with van der Waals surface area (Å²) < 4.78 is 11.7. The van der Waals surface area contributed by atoms with Crippen LogP contribution >= 0.6 is 11.6 Å². The molecule has 1 aliphatic carbocycles. The summed E-state index contributed by atoms with van der Waals surface area (Å²) in [7, 11) is 1.61. The fraction of sp³-hybridized carbons (Fsp3) is 0.276. The SMILES string of the molecule is COc1ccc(-c2oc3c(C(C)Nc4ccc(Cl)nc4C(=O)NC4CC4)cc(C)cc3c(=O)c2C)cc1. The lowest BCUT2D eigenvalue weighted by Gasteiger charge is -2.20. The largest absolute Gasteiger partial charge is 0.497 e. The molecule has 1 saturated carbocycles. The zero-order chi connectivity index (χ0) is 26.3. The second-order valence-electron chi connectivity index (χ2n) is 9.49. The van der Waals surface area contributed by atoms with Crippen LogP contribution in [0.3, 0.4) is 0 Å². The number of amides is 1. The number of aryl methyl sites for hydroxylation is 1. The zero-order valence-corrected chi connectivity index (χ0v) is 21.9. The first-order chi connectivity index (χ1) is 17.7. The van der Waals surface area contributed by atoms with Crippen LogP contribution in [-0.4, -0.2) is 24.0 Å². The Kier molecular flexibility index (Phi) is 6.65. The van der Waals surface area contributed by atoms with Crippen LogP contribution in [0.25, 0.3) is 22.3 Å². The number of fused-ring (bicyclic) bond motifs is 1. The van der Waals surface area contributed by atoms with Gasteiger partial charge in [0.05, 0.1) is 24.2 Å². The average Bonchev–Trinajstić information content (AvgIpc) is 3.71. The molecule has 0 spiro atoms. The van der Waals surface area contributed by atoms with Crippen molar-refractivity contribution >= 4 is 34.2 Å². The summed E-state index contributed by atoms with van der Waals surface area (Å²) in [5.74, 6) is 0.963. The normalized spacial score (nSPS) is 13.9. The standard InChI is InChI=1S/C29H28ClN3O4/c1-15-13-21(17(3)31-23-11-12-24(30)33-25(23)29(35)32-19-7-8-19)28-22(14-15)26(34)16(2)27(37-28)18-5-9-20(36-4)10-6-18/h5-6,9-14,17,19,31H,7-8H2,1-4H3,(H,32,35). The Morgan fingerprint density at radius 1 is 1.14 bits per heavy atom. The van der Waals surface area contributed by atoms with Crippen LogP contribution in [0, 0.1) is 13.8 Å². The maximum Gasteiger partial charge on any atom is 0.272 e. The highest BCUT2D eigenvalue weighted by molar-refractivity contribution is 6.29. The first-order valence-corrected chi connectivity index (χ1v) is 12.6. The number of aromatic nitrogens is 1. The first-order valence-electron chi connectivity index (χ1n) is 12.2. The van der Waals surface area contributed by atoms with Crippen LogP contribution in [0.2, 0.25) is 5.15 Å². The molecule has 1 fully saturated rings. The van der Waals surface area contributed by atoms with Gasteiger partial charge in [0.15, 0.2) is 11.1 Å². The molecule has 2 N–H and O–H groups in total. The smallest absolute Gasteiger partial charge is 0.272 e. The molecule has 2 heterocycles. The molecule has 2 aromatic heterocycles. The van der Waals surface area contributed by atoms with Crippen LogP contribution in [0.1, 0.15) is 53.0 Å². The highest BCUT2D eigenvalue weighted by Crippen LogP contribution is 2.33. The maximum atomic E-state index is 13.4. The number of nitrogens with one attached hydrogen (secondary N) is 2. The molecule has 7 nitrogen and oxygen atoms in total. The summed E-state index contributed by atoms with van der Waals surface area (Å²) in [5, 5.41) is 7.12. The van der Waals surface area contributed by atoms with Crippen molar-refractivity contribution in [2.45, 2.75) is 45.7 Å². The number of hydrogen-bond donors (Lipinski definition) is 2. The van der Waals surface area contributed by atoms with Crippen molar-refractivity contribution in [3.8, 4) is 17.1 Å². The van der Waals surface area contributed by atoms with Gasteiger partial charge < -0.3 is 19.8 Å². The molecule has 190 valence electrons. The Bertz CT molecular complexity index is 1560. The summed E-state index contributed by atoms with van der Waals surface area (Å²) in [6.07, 6.45) is 1.94. The molecule has 0 radical (unpaired) electrons. The van der Waals surface area contributed by atoms with E-state index in [1.54, 1.807) is 26.2 Å². The zero-order valence-electron chi connectivity index (χ0n) is 21.1. The van der Waals surface area contributed by atoms with Gasteiger partial charge in [-0.15, -0.1) is 0 Å². The monoisotopic (exact) mass is 517 g/mol. The lowest BCUT2D eigenvalue weighted by molar-refractivity contribution is 0.0947. The quantitative estimate of drug-likeness (QED) is 0.283. The van der Waals surface area contributed by atoms with E-state index in [0.29, 0.717) is 28.0 Å². The molecule has 2 aromatic carbocycles. The van der Waals surface area contributed by atoms with Crippen molar-refractivity contribution in [3.63, 3.8) is 0 Å².